The summed E-state index contributed by atoms with van der Waals surface area (Å²) in [7, 11) is 0. The van der Waals surface area contributed by atoms with Crippen molar-refractivity contribution in [3.63, 3.8) is 0 Å². The number of hydrogen-bond acceptors (Lipinski definition) is 5. The summed E-state index contributed by atoms with van der Waals surface area (Å²) in [5.41, 5.74) is 2.02. The molecule has 0 radical (unpaired) electrons. The summed E-state index contributed by atoms with van der Waals surface area (Å²) in [5.74, 6) is 0.848. The van der Waals surface area contributed by atoms with Gasteiger partial charge in [-0.1, -0.05) is 12.1 Å². The second-order valence-electron chi connectivity index (χ2n) is 9.36. The van der Waals surface area contributed by atoms with Gasteiger partial charge in [-0.3, -0.25) is 14.5 Å². The predicted octanol–water partition coefficient (Wildman–Crippen LogP) is 3.55. The fraction of sp³-hybridized carbons (Fsp3) is 0.440. The smallest absolute Gasteiger partial charge is 0.325 e. The molecule has 0 spiro atoms. The number of urea groups is 1. The van der Waals surface area contributed by atoms with Gasteiger partial charge in [0.05, 0.1) is 17.6 Å². The zero-order valence-corrected chi connectivity index (χ0v) is 20.3. The van der Waals surface area contributed by atoms with Gasteiger partial charge in [0, 0.05) is 26.1 Å². The summed E-state index contributed by atoms with van der Waals surface area (Å²) in [6.07, 6.45) is 1.79. The number of imide groups is 1. The monoisotopic (exact) mass is 479 g/mol. The van der Waals surface area contributed by atoms with E-state index in [1.54, 1.807) is 11.3 Å². The van der Waals surface area contributed by atoms with E-state index in [1.807, 2.05) is 59.8 Å². The minimum Gasteiger partial charge on any atom is -0.343 e. The van der Waals surface area contributed by atoms with Crippen molar-refractivity contribution in [3.8, 4) is 0 Å². The Morgan fingerprint density at radius 1 is 1.21 bits per heavy atom. The first-order chi connectivity index (χ1) is 16.4. The number of nitrogens with one attached hydrogen (secondary N) is 1. The molecule has 0 bridgehead atoms. The van der Waals surface area contributed by atoms with Crippen molar-refractivity contribution < 1.29 is 14.4 Å². The number of fused-ring (bicyclic) bond motifs is 1. The first-order valence-corrected chi connectivity index (χ1v) is 12.7. The van der Waals surface area contributed by atoms with E-state index >= 15 is 0 Å². The van der Waals surface area contributed by atoms with E-state index in [4.69, 9.17) is 0 Å². The van der Waals surface area contributed by atoms with Crippen molar-refractivity contribution in [1.82, 2.24) is 24.7 Å². The Morgan fingerprint density at radius 2 is 1.97 bits per heavy atom. The van der Waals surface area contributed by atoms with Gasteiger partial charge in [-0.15, -0.1) is 0 Å². The van der Waals surface area contributed by atoms with Crippen LogP contribution in [0.1, 0.15) is 37.6 Å². The number of likely N-dealkylation sites (tertiary alicyclic amines) is 1. The zero-order valence-electron chi connectivity index (χ0n) is 19.5. The van der Waals surface area contributed by atoms with E-state index in [9.17, 15) is 14.4 Å². The number of carbonyl (C=O) groups is 3. The van der Waals surface area contributed by atoms with Crippen LogP contribution >= 0.6 is 11.3 Å². The minimum atomic E-state index is -0.922. The normalized spacial score (nSPS) is 21.5. The summed E-state index contributed by atoms with van der Waals surface area (Å²) >= 11 is 1.55. The van der Waals surface area contributed by atoms with Crippen molar-refractivity contribution in [1.29, 1.82) is 0 Å². The van der Waals surface area contributed by atoms with Crippen LogP contribution in [-0.4, -0.2) is 55.8 Å². The molecule has 0 aliphatic carbocycles. The van der Waals surface area contributed by atoms with Gasteiger partial charge in [0.15, 0.2) is 0 Å². The summed E-state index contributed by atoms with van der Waals surface area (Å²) in [5, 5.41) is 6.84. The van der Waals surface area contributed by atoms with Gasteiger partial charge in [0.25, 0.3) is 5.91 Å². The average molecular weight is 480 g/mol. The number of para-hydroxylation sites is 2. The lowest BCUT2D eigenvalue weighted by molar-refractivity contribution is -0.135. The molecule has 1 unspecified atom stereocenters. The number of aryl methyl sites for hydroxylation is 2. The largest absolute Gasteiger partial charge is 0.343 e. The van der Waals surface area contributed by atoms with Gasteiger partial charge in [-0.2, -0.15) is 11.3 Å². The molecule has 8 nitrogen and oxygen atoms in total. The maximum absolute atomic E-state index is 13.2. The molecule has 2 aliphatic heterocycles. The number of benzene rings is 1. The number of rotatable bonds is 6. The Labute approximate surface area is 202 Å². The van der Waals surface area contributed by atoms with Crippen LogP contribution in [0.25, 0.3) is 11.0 Å². The molecule has 2 aromatic heterocycles. The van der Waals surface area contributed by atoms with E-state index in [0.717, 1.165) is 22.4 Å². The van der Waals surface area contributed by atoms with E-state index < -0.39 is 5.54 Å². The Morgan fingerprint density at radius 3 is 2.71 bits per heavy atom. The highest BCUT2D eigenvalue weighted by Gasteiger charge is 2.52. The van der Waals surface area contributed by atoms with Crippen molar-refractivity contribution in [2.75, 3.05) is 13.1 Å². The van der Waals surface area contributed by atoms with Crippen LogP contribution in [0.5, 0.6) is 0 Å². The summed E-state index contributed by atoms with van der Waals surface area (Å²) in [4.78, 5) is 46.5. The lowest BCUT2D eigenvalue weighted by atomic mass is 9.79. The van der Waals surface area contributed by atoms with Crippen molar-refractivity contribution >= 4 is 40.2 Å². The van der Waals surface area contributed by atoms with E-state index in [2.05, 4.69) is 14.9 Å². The Kier molecular flexibility index (Phi) is 5.89. The van der Waals surface area contributed by atoms with Crippen LogP contribution in [0.4, 0.5) is 4.79 Å². The Bertz CT molecular complexity index is 1230. The molecule has 34 heavy (non-hydrogen) atoms. The highest BCUT2D eigenvalue weighted by atomic mass is 32.1. The van der Waals surface area contributed by atoms with Crippen LogP contribution in [0, 0.1) is 12.8 Å². The molecule has 1 N–H and O–H groups in total. The molecular weight excluding hydrogens is 450 g/mol. The third-order valence-corrected chi connectivity index (χ3v) is 8.01. The molecule has 2 fully saturated rings. The van der Waals surface area contributed by atoms with Gasteiger partial charge >= 0.3 is 6.03 Å². The zero-order chi connectivity index (χ0) is 23.9. The van der Waals surface area contributed by atoms with Gasteiger partial charge in [-0.25, -0.2) is 9.78 Å². The van der Waals surface area contributed by atoms with Crippen LogP contribution in [0.15, 0.2) is 41.1 Å². The Balaban J connectivity index is 1.18. The number of amides is 4. The molecule has 4 heterocycles. The summed E-state index contributed by atoms with van der Waals surface area (Å²) in [6, 6.07) is 9.56. The van der Waals surface area contributed by atoms with Gasteiger partial charge in [-0.05, 0) is 67.1 Å². The molecule has 3 aromatic rings. The predicted molar refractivity (Wildman–Crippen MR) is 130 cm³/mol. The van der Waals surface area contributed by atoms with Gasteiger partial charge in [0.2, 0.25) is 5.91 Å². The molecule has 9 heteroatoms. The highest BCUT2D eigenvalue weighted by molar-refractivity contribution is 7.07. The Hall–Kier alpha value is -3.20. The third-order valence-electron chi connectivity index (χ3n) is 7.28. The molecule has 0 saturated carbocycles. The maximum Gasteiger partial charge on any atom is 0.325 e. The third kappa shape index (κ3) is 3.98. The minimum absolute atomic E-state index is 0.000288. The highest BCUT2D eigenvalue weighted by Crippen LogP contribution is 2.34. The lowest BCUT2D eigenvalue weighted by Gasteiger charge is -2.39. The standard InChI is InChI=1S/C25H29N5O3S/c1-17-26-20-5-3-4-6-21(20)29(17)13-9-22(31)28-11-7-19(8-12-28)25(2)23(32)30(24(33)27-25)15-18-10-14-34-16-18/h3-6,10,14,16,19H,7-9,11-13,15H2,1-2H3,(H,27,33). The second kappa shape index (κ2) is 8.87. The average Bonchev–Trinajstić information content (AvgIpc) is 3.52. The van der Waals surface area contributed by atoms with Crippen LogP contribution in [0.2, 0.25) is 0 Å². The van der Waals surface area contributed by atoms with Gasteiger partial charge < -0.3 is 14.8 Å². The van der Waals surface area contributed by atoms with Crippen LogP contribution < -0.4 is 5.32 Å². The van der Waals surface area contributed by atoms with Crippen molar-refractivity contribution in [3.05, 3.63) is 52.5 Å². The number of thiophene rings is 1. The quantitative estimate of drug-likeness (QED) is 0.548. The first-order valence-electron chi connectivity index (χ1n) is 11.7. The fourth-order valence-electron chi connectivity index (χ4n) is 5.25. The molecule has 178 valence electrons. The molecule has 1 aromatic carbocycles. The number of carbonyl (C=O) groups excluding carboxylic acids is 3. The molecule has 1 atom stereocenters. The number of piperidine rings is 1. The van der Waals surface area contributed by atoms with E-state index in [1.165, 1.54) is 4.90 Å². The van der Waals surface area contributed by atoms with Crippen molar-refractivity contribution in [2.45, 2.75) is 51.7 Å². The molecule has 2 aliphatic rings. The first kappa shape index (κ1) is 22.6. The lowest BCUT2D eigenvalue weighted by Crippen LogP contribution is -2.54. The number of aromatic nitrogens is 2. The van der Waals surface area contributed by atoms with E-state index in [0.29, 0.717) is 45.4 Å². The fourth-order valence-corrected chi connectivity index (χ4v) is 5.91. The SMILES string of the molecule is Cc1nc2ccccc2n1CCC(=O)N1CCC(C2(C)NC(=O)N(Cc3ccsc3)C2=O)CC1. The van der Waals surface area contributed by atoms with E-state index in [-0.39, 0.29) is 23.8 Å². The maximum atomic E-state index is 13.2. The number of imidazole rings is 1. The molecular formula is C25H29N5O3S. The number of nitrogens with zero attached hydrogens (tertiary/aromatic N) is 4. The van der Waals surface area contributed by atoms with Crippen LogP contribution in [-0.2, 0) is 22.7 Å². The second-order valence-corrected chi connectivity index (χ2v) is 10.1. The molecule has 2 saturated heterocycles. The topological polar surface area (TPSA) is 87.5 Å². The molecule has 4 amide bonds. The number of hydrogen-bond donors (Lipinski definition) is 1. The van der Waals surface area contributed by atoms with Gasteiger partial charge in [0.1, 0.15) is 11.4 Å². The summed E-state index contributed by atoms with van der Waals surface area (Å²) in [6.45, 7) is 5.87. The summed E-state index contributed by atoms with van der Waals surface area (Å²) < 4.78 is 2.09. The van der Waals surface area contributed by atoms with Crippen LogP contribution in [0.3, 0.4) is 0 Å². The molecule has 5 rings (SSSR count). The van der Waals surface area contributed by atoms with Crippen molar-refractivity contribution in [2.24, 2.45) is 5.92 Å².